The van der Waals surface area contributed by atoms with Crippen molar-refractivity contribution in [1.82, 2.24) is 0 Å². The van der Waals surface area contributed by atoms with Crippen LogP contribution in [0.15, 0.2) is 169 Å². The molecular formula is C50H47P2Si+. The van der Waals surface area contributed by atoms with E-state index in [0.29, 0.717) is 8.74 Å². The van der Waals surface area contributed by atoms with Gasteiger partial charge < -0.3 is 0 Å². The van der Waals surface area contributed by atoms with Crippen molar-refractivity contribution >= 4 is 64.5 Å². The summed E-state index contributed by atoms with van der Waals surface area (Å²) in [6.45, 7) is 11.2. The molecule has 0 amide bonds. The Morgan fingerprint density at radius 3 is 1.40 bits per heavy atom. The summed E-state index contributed by atoms with van der Waals surface area (Å²) in [4.78, 5) is 3.19. The van der Waals surface area contributed by atoms with Crippen molar-refractivity contribution in [3.63, 3.8) is 0 Å². The van der Waals surface area contributed by atoms with Crippen molar-refractivity contribution in [2.75, 3.05) is 0 Å². The third-order valence-corrected chi connectivity index (χ3v) is 22.6. The van der Waals surface area contributed by atoms with Gasteiger partial charge in [-0.25, -0.2) is 0 Å². The molecule has 3 heteroatoms. The van der Waals surface area contributed by atoms with Crippen molar-refractivity contribution in [3.8, 4) is 0 Å². The first kappa shape index (κ1) is 35.5. The Bertz CT molecular complexity index is 2450. The van der Waals surface area contributed by atoms with Crippen LogP contribution in [0.5, 0.6) is 0 Å². The number of allylic oxidation sites excluding steroid dienone is 4. The zero-order valence-corrected chi connectivity index (χ0v) is 34.5. The van der Waals surface area contributed by atoms with E-state index in [9.17, 15) is 0 Å². The maximum Gasteiger partial charge on any atom is 0.146 e. The molecule has 2 aliphatic rings. The lowest BCUT2D eigenvalue weighted by atomic mass is 10.1. The van der Waals surface area contributed by atoms with Gasteiger partial charge in [-0.15, -0.1) is 0 Å². The first-order chi connectivity index (χ1) is 25.7. The van der Waals surface area contributed by atoms with Gasteiger partial charge in [-0.3, -0.25) is 0 Å². The predicted molar refractivity (Wildman–Crippen MR) is 241 cm³/mol. The van der Waals surface area contributed by atoms with E-state index in [1.807, 2.05) is 0 Å². The molecule has 1 aliphatic carbocycles. The molecule has 0 unspecified atom stereocenters. The van der Waals surface area contributed by atoms with Crippen molar-refractivity contribution in [1.29, 1.82) is 0 Å². The maximum absolute atomic E-state index is 2.54. The Kier molecular flexibility index (Phi) is 9.63. The summed E-state index contributed by atoms with van der Waals surface area (Å²) >= 11 is 0. The quantitative estimate of drug-likeness (QED) is 0.113. The molecule has 0 saturated heterocycles. The number of hydrogen-bond acceptors (Lipinski definition) is 0. The molecule has 53 heavy (non-hydrogen) atoms. The first-order valence-electron chi connectivity index (χ1n) is 18.7. The van der Waals surface area contributed by atoms with Crippen molar-refractivity contribution < 1.29 is 0 Å². The SMILES string of the molecule is CC1=CC(=P(C2=[Si]=C([P+](c3cccc(C)c3)(c3cccc(C)c3)c3cccc(C)c3)c3ccccc32)(c2cccc(C)c2)c2cccc(C)c2)C=CC1. The fourth-order valence-corrected chi connectivity index (χ4v) is 22.7. The Morgan fingerprint density at radius 2 is 0.943 bits per heavy atom. The summed E-state index contributed by atoms with van der Waals surface area (Å²) in [5, 5.41) is 8.65. The average molecular weight is 738 g/mol. The number of hydrogen-bond donors (Lipinski definition) is 0. The highest BCUT2D eigenvalue weighted by Crippen LogP contribution is 2.61. The molecule has 0 saturated carbocycles. The summed E-state index contributed by atoms with van der Waals surface area (Å²) in [7, 11) is -1.88. The molecule has 1 aliphatic heterocycles. The number of aryl methyl sites for hydroxylation is 5. The summed E-state index contributed by atoms with van der Waals surface area (Å²) in [5.74, 6) is 0. The van der Waals surface area contributed by atoms with Gasteiger partial charge in [0.15, 0.2) is 0 Å². The largest absolute Gasteiger partial charge is 0.146 e. The highest BCUT2D eigenvalue weighted by molar-refractivity contribution is 8.12. The third kappa shape index (κ3) is 6.14. The highest BCUT2D eigenvalue weighted by atomic mass is 31.2. The molecule has 0 N–H and O–H groups in total. The molecule has 0 nitrogen and oxygen atoms in total. The maximum atomic E-state index is 2.54. The molecule has 0 aromatic heterocycles. The van der Waals surface area contributed by atoms with Crippen LogP contribution in [-0.2, 0) is 0 Å². The zero-order chi connectivity index (χ0) is 36.7. The highest BCUT2D eigenvalue weighted by Gasteiger charge is 2.53. The second kappa shape index (κ2) is 14.4. The molecule has 8 rings (SSSR count). The molecule has 0 spiro atoms. The number of benzene rings is 6. The predicted octanol–water partition coefficient (Wildman–Crippen LogP) is 9.64. The van der Waals surface area contributed by atoms with Crippen LogP contribution >= 0.6 is 14.1 Å². The Hall–Kier alpha value is -4.51. The van der Waals surface area contributed by atoms with E-state index in [-0.39, 0.29) is 0 Å². The van der Waals surface area contributed by atoms with Crippen LogP contribution in [0.2, 0.25) is 0 Å². The minimum atomic E-state index is -2.39. The lowest BCUT2D eigenvalue weighted by Crippen LogP contribution is -2.37. The van der Waals surface area contributed by atoms with Crippen LogP contribution in [0.1, 0.15) is 52.3 Å². The minimum Gasteiger partial charge on any atom is -0.0798 e. The first-order valence-corrected chi connectivity index (χ1v) is 23.3. The van der Waals surface area contributed by atoms with Crippen LogP contribution in [0.4, 0.5) is 0 Å². The molecule has 6 aromatic carbocycles. The molecule has 0 atom stereocenters. The summed E-state index contributed by atoms with van der Waals surface area (Å²) in [6.07, 6.45) is 8.43. The van der Waals surface area contributed by atoms with Crippen molar-refractivity contribution in [3.05, 3.63) is 208 Å². The summed E-state index contributed by atoms with van der Waals surface area (Å²) in [5.41, 5.74) is 10.8. The fourth-order valence-electron chi connectivity index (χ4n) is 8.46. The second-order valence-electron chi connectivity index (χ2n) is 14.9. The zero-order valence-electron chi connectivity index (χ0n) is 31.7. The Balaban J connectivity index is 1.66. The smallest absolute Gasteiger partial charge is 0.0798 e. The van der Waals surface area contributed by atoms with Gasteiger partial charge in [-0.05, 0) is 129 Å². The molecule has 0 radical (unpaired) electrons. The molecule has 6 aromatic rings. The van der Waals surface area contributed by atoms with E-state index in [0.717, 1.165) is 6.42 Å². The van der Waals surface area contributed by atoms with E-state index in [1.54, 1.807) is 9.82 Å². The van der Waals surface area contributed by atoms with Crippen molar-refractivity contribution in [2.24, 2.45) is 0 Å². The van der Waals surface area contributed by atoms with Crippen LogP contribution in [0.25, 0.3) is 0 Å². The number of rotatable bonds is 7. The van der Waals surface area contributed by atoms with Gasteiger partial charge in [0.05, 0.1) is 0 Å². The van der Waals surface area contributed by atoms with Gasteiger partial charge in [0.2, 0.25) is 0 Å². The molecule has 0 bridgehead atoms. The van der Waals surface area contributed by atoms with E-state index in [1.165, 1.54) is 76.3 Å². The van der Waals surface area contributed by atoms with Gasteiger partial charge in [0.1, 0.15) is 28.1 Å². The normalized spacial score (nSPS) is 14.1. The third-order valence-electron chi connectivity index (χ3n) is 10.8. The van der Waals surface area contributed by atoms with Crippen LogP contribution in [-0.4, -0.2) is 23.9 Å². The van der Waals surface area contributed by atoms with Crippen LogP contribution in [0, 0.1) is 34.6 Å². The average Bonchev–Trinajstić information content (AvgIpc) is 3.53. The van der Waals surface area contributed by atoms with E-state index >= 15 is 0 Å². The van der Waals surface area contributed by atoms with Gasteiger partial charge in [-0.1, -0.05) is 144 Å². The molecule has 1 heterocycles. The molecule has 0 fully saturated rings. The van der Waals surface area contributed by atoms with E-state index < -0.39 is 14.1 Å². The molecule has 260 valence electrons. The number of fused-ring (bicyclic) bond motifs is 1. The van der Waals surface area contributed by atoms with Crippen LogP contribution < -0.4 is 26.5 Å². The van der Waals surface area contributed by atoms with Crippen LogP contribution in [0.3, 0.4) is 0 Å². The van der Waals surface area contributed by atoms with E-state index in [2.05, 4.69) is 205 Å². The fraction of sp³-hybridized carbons (Fsp3) is 0.140. The minimum absolute atomic E-state index is 0.508. The monoisotopic (exact) mass is 737 g/mol. The lowest BCUT2D eigenvalue weighted by molar-refractivity contribution is 1.21. The lowest BCUT2D eigenvalue weighted by Gasteiger charge is -2.33. The van der Waals surface area contributed by atoms with Gasteiger partial charge in [-0.2, -0.15) is 0 Å². The molecular weight excluding hydrogens is 691 g/mol. The Labute approximate surface area is 319 Å². The Morgan fingerprint density at radius 1 is 0.491 bits per heavy atom. The van der Waals surface area contributed by atoms with Crippen molar-refractivity contribution in [2.45, 2.75) is 48.0 Å². The second-order valence-corrected chi connectivity index (χ2v) is 23.7. The standard InChI is InChI=1S/C50H47P2Si/c1-35-15-9-21-41(29-35)51(42-22-10-16-36(2)30-42,43-23-11-17-37(3)31-43)49-47-27-7-8-28-48(47)50(53-49)52(44-24-12-18-38(4)32-44,45-25-13-19-39(5)33-45)46-26-14-20-40(6)34-46/h7-19,21-34H,20H2,1-6H3/q+1. The summed E-state index contributed by atoms with van der Waals surface area (Å²) < 4.78 is 0. The van der Waals surface area contributed by atoms with Gasteiger partial charge >= 0.3 is 0 Å². The van der Waals surface area contributed by atoms with Gasteiger partial charge in [0, 0.05) is 19.2 Å². The summed E-state index contributed by atoms with van der Waals surface area (Å²) in [6, 6.07) is 56.8. The topological polar surface area (TPSA) is 0 Å². The van der Waals surface area contributed by atoms with Gasteiger partial charge in [0.25, 0.3) is 0 Å². The van der Waals surface area contributed by atoms with E-state index in [4.69, 9.17) is 0 Å².